The normalized spacial score (nSPS) is 10.9. The number of esters is 1. The second-order valence-corrected chi connectivity index (χ2v) is 7.42. The molecule has 0 amide bonds. The maximum Gasteiger partial charge on any atom is 0.340 e. The minimum Gasteiger partial charge on any atom is -0.492 e. The summed E-state index contributed by atoms with van der Waals surface area (Å²) in [6.45, 7) is 2.44. The Hall–Kier alpha value is -1.63. The maximum absolute atomic E-state index is 12.0. The van der Waals surface area contributed by atoms with Gasteiger partial charge in [-0.05, 0) is 31.2 Å². The van der Waals surface area contributed by atoms with E-state index in [1.165, 1.54) is 18.4 Å². The summed E-state index contributed by atoms with van der Waals surface area (Å²) >= 11 is 11.0. The Morgan fingerprint density at radius 1 is 1.32 bits per heavy atom. The monoisotopic (exact) mass is 439 g/mol. The van der Waals surface area contributed by atoms with Crippen LogP contribution in [0.3, 0.4) is 0 Å². The van der Waals surface area contributed by atoms with Crippen LogP contribution in [0.1, 0.15) is 16.1 Å². The number of rotatable bonds is 5. The highest BCUT2D eigenvalue weighted by molar-refractivity contribution is 9.09. The zero-order valence-corrected chi connectivity index (χ0v) is 16.8. The Bertz CT molecular complexity index is 941. The van der Waals surface area contributed by atoms with E-state index >= 15 is 0 Å². The highest BCUT2D eigenvalue weighted by Crippen LogP contribution is 2.40. The summed E-state index contributed by atoms with van der Waals surface area (Å²) in [5.74, 6) is 0.348. The Labute approximate surface area is 162 Å². The van der Waals surface area contributed by atoms with E-state index in [0.717, 1.165) is 32.6 Å². The Balaban J connectivity index is 2.24. The van der Waals surface area contributed by atoms with Crippen molar-refractivity contribution >= 4 is 55.1 Å². The summed E-state index contributed by atoms with van der Waals surface area (Å²) < 4.78 is 11.6. The van der Waals surface area contributed by atoms with E-state index in [0.29, 0.717) is 22.7 Å². The lowest BCUT2D eigenvalue weighted by Crippen LogP contribution is -2.01. The van der Waals surface area contributed by atoms with Gasteiger partial charge in [0.25, 0.3) is 0 Å². The number of carbonyl (C=O) groups excluding carboxylic acids is 1. The number of pyridine rings is 1. The molecule has 0 fully saturated rings. The molecule has 0 atom stereocenters. The van der Waals surface area contributed by atoms with Crippen LogP contribution in [0.15, 0.2) is 29.6 Å². The molecule has 130 valence electrons. The van der Waals surface area contributed by atoms with Crippen LogP contribution in [-0.4, -0.2) is 30.0 Å². The van der Waals surface area contributed by atoms with Crippen molar-refractivity contribution in [1.82, 2.24) is 4.98 Å². The van der Waals surface area contributed by atoms with Gasteiger partial charge in [0, 0.05) is 32.6 Å². The van der Waals surface area contributed by atoms with Crippen molar-refractivity contribution in [3.63, 3.8) is 0 Å². The number of halogens is 2. The molecule has 0 spiro atoms. The number of thiophene rings is 1. The molecule has 0 radical (unpaired) electrons. The molecule has 0 aliphatic carbocycles. The molecule has 4 nitrogen and oxygen atoms in total. The third-order valence-electron chi connectivity index (χ3n) is 3.62. The minimum absolute atomic E-state index is 0.392. The van der Waals surface area contributed by atoms with E-state index in [1.807, 2.05) is 25.1 Å². The van der Waals surface area contributed by atoms with Crippen molar-refractivity contribution in [2.24, 2.45) is 0 Å². The first-order chi connectivity index (χ1) is 12.0. The van der Waals surface area contributed by atoms with Crippen LogP contribution in [0.2, 0.25) is 5.02 Å². The third kappa shape index (κ3) is 3.66. The molecular weight excluding hydrogens is 426 g/mol. The van der Waals surface area contributed by atoms with Crippen LogP contribution in [0, 0.1) is 6.92 Å². The molecule has 0 unspecified atom stereocenters. The summed E-state index contributed by atoms with van der Waals surface area (Å²) in [5, 5.41) is 3.12. The van der Waals surface area contributed by atoms with E-state index < -0.39 is 5.97 Å². The van der Waals surface area contributed by atoms with Gasteiger partial charge in [0.2, 0.25) is 0 Å². The van der Waals surface area contributed by atoms with Crippen molar-refractivity contribution in [3.05, 3.63) is 45.9 Å². The fraction of sp³-hybridized carbons (Fsp3) is 0.222. The molecule has 3 rings (SSSR count). The minimum atomic E-state index is -0.392. The van der Waals surface area contributed by atoms with Crippen molar-refractivity contribution in [3.8, 4) is 16.9 Å². The number of aryl methyl sites for hydroxylation is 1. The highest BCUT2D eigenvalue weighted by Gasteiger charge is 2.19. The van der Waals surface area contributed by atoms with Gasteiger partial charge in [-0.3, -0.25) is 4.98 Å². The van der Waals surface area contributed by atoms with Gasteiger partial charge in [-0.25, -0.2) is 4.79 Å². The SMILES string of the molecule is COC(=O)c1csc2c(-c3cc(Cl)ccc3OCCBr)cc(C)nc12. The third-order valence-corrected chi connectivity index (χ3v) is 5.18. The molecule has 0 bridgehead atoms. The molecular formula is C18H15BrClNO3S. The number of carbonyl (C=O) groups is 1. The number of alkyl halides is 1. The molecule has 7 heteroatoms. The number of nitrogens with zero attached hydrogens (tertiary/aromatic N) is 1. The Morgan fingerprint density at radius 3 is 2.84 bits per heavy atom. The first-order valence-corrected chi connectivity index (χ1v) is 9.89. The van der Waals surface area contributed by atoms with Crippen molar-refractivity contribution in [1.29, 1.82) is 0 Å². The van der Waals surface area contributed by atoms with Gasteiger partial charge in [-0.15, -0.1) is 11.3 Å². The predicted octanol–water partition coefficient (Wildman–Crippen LogP) is 5.49. The number of aromatic nitrogens is 1. The van der Waals surface area contributed by atoms with Gasteiger partial charge in [0.15, 0.2) is 0 Å². The van der Waals surface area contributed by atoms with E-state index in [1.54, 1.807) is 11.4 Å². The fourth-order valence-corrected chi connectivity index (χ4v) is 3.92. The van der Waals surface area contributed by atoms with Gasteiger partial charge >= 0.3 is 5.97 Å². The average molecular weight is 441 g/mol. The quantitative estimate of drug-likeness (QED) is 0.389. The summed E-state index contributed by atoms with van der Waals surface area (Å²) in [6, 6.07) is 7.51. The highest BCUT2D eigenvalue weighted by atomic mass is 79.9. The molecule has 3 aromatic rings. The van der Waals surface area contributed by atoms with Gasteiger partial charge in [0.1, 0.15) is 5.75 Å². The lowest BCUT2D eigenvalue weighted by Gasteiger charge is -2.13. The molecule has 2 aromatic heterocycles. The standard InChI is InChI=1S/C18H15BrClNO3S/c1-10-7-13(12-8-11(20)3-4-15(12)24-6-5-19)17-16(21-10)14(9-25-17)18(22)23-2/h3-4,7-9H,5-6H2,1-2H3. The second kappa shape index (κ2) is 7.72. The van der Waals surface area contributed by atoms with E-state index in [-0.39, 0.29) is 0 Å². The average Bonchev–Trinajstić information content (AvgIpc) is 3.03. The second-order valence-electron chi connectivity index (χ2n) is 5.31. The molecule has 0 aliphatic rings. The molecule has 2 heterocycles. The number of fused-ring (bicyclic) bond motifs is 1. The molecule has 0 saturated carbocycles. The Morgan fingerprint density at radius 2 is 2.12 bits per heavy atom. The number of methoxy groups -OCH3 is 1. The van der Waals surface area contributed by atoms with Gasteiger partial charge in [0.05, 0.1) is 29.5 Å². The van der Waals surface area contributed by atoms with E-state index in [2.05, 4.69) is 20.9 Å². The zero-order chi connectivity index (χ0) is 18.0. The van der Waals surface area contributed by atoms with Crippen LogP contribution in [0.5, 0.6) is 5.75 Å². The van der Waals surface area contributed by atoms with Crippen LogP contribution < -0.4 is 4.74 Å². The molecule has 25 heavy (non-hydrogen) atoms. The Kier molecular flexibility index (Phi) is 5.61. The molecule has 0 N–H and O–H groups in total. The lowest BCUT2D eigenvalue weighted by molar-refractivity contribution is 0.0603. The summed E-state index contributed by atoms with van der Waals surface area (Å²) in [4.78, 5) is 16.5. The summed E-state index contributed by atoms with van der Waals surface area (Å²) in [5.41, 5.74) is 3.73. The molecule has 1 aromatic carbocycles. The first kappa shape index (κ1) is 18.2. The summed E-state index contributed by atoms with van der Waals surface area (Å²) in [6.07, 6.45) is 0. The number of hydrogen-bond donors (Lipinski definition) is 0. The van der Waals surface area contributed by atoms with Crippen LogP contribution in [0.25, 0.3) is 21.3 Å². The van der Waals surface area contributed by atoms with E-state index in [4.69, 9.17) is 21.1 Å². The zero-order valence-electron chi connectivity index (χ0n) is 13.6. The fourth-order valence-electron chi connectivity index (χ4n) is 2.58. The van der Waals surface area contributed by atoms with Gasteiger partial charge in [-0.1, -0.05) is 27.5 Å². The van der Waals surface area contributed by atoms with Crippen LogP contribution >= 0.6 is 38.9 Å². The van der Waals surface area contributed by atoms with Gasteiger partial charge < -0.3 is 9.47 Å². The number of benzene rings is 1. The maximum atomic E-state index is 12.0. The van der Waals surface area contributed by atoms with Crippen molar-refractivity contribution < 1.29 is 14.3 Å². The van der Waals surface area contributed by atoms with Crippen LogP contribution in [-0.2, 0) is 4.74 Å². The predicted molar refractivity (Wildman–Crippen MR) is 105 cm³/mol. The van der Waals surface area contributed by atoms with Gasteiger partial charge in [-0.2, -0.15) is 0 Å². The number of hydrogen-bond acceptors (Lipinski definition) is 5. The smallest absolute Gasteiger partial charge is 0.340 e. The van der Waals surface area contributed by atoms with Crippen LogP contribution in [0.4, 0.5) is 0 Å². The van der Waals surface area contributed by atoms with Crippen molar-refractivity contribution in [2.75, 3.05) is 19.0 Å². The topological polar surface area (TPSA) is 48.4 Å². The number of ether oxygens (including phenoxy) is 2. The largest absolute Gasteiger partial charge is 0.492 e. The molecule has 0 saturated heterocycles. The van der Waals surface area contributed by atoms with Crippen molar-refractivity contribution in [2.45, 2.75) is 6.92 Å². The first-order valence-electron chi connectivity index (χ1n) is 7.51. The lowest BCUT2D eigenvalue weighted by atomic mass is 10.0. The molecule has 0 aliphatic heterocycles. The summed E-state index contributed by atoms with van der Waals surface area (Å²) in [7, 11) is 1.37. The van der Waals surface area contributed by atoms with E-state index in [9.17, 15) is 4.79 Å².